The van der Waals surface area contributed by atoms with Gasteiger partial charge in [0.2, 0.25) is 5.91 Å². The molecule has 1 rings (SSSR count). The molecule has 3 unspecified atom stereocenters. The monoisotopic (exact) mass is 219 g/mol. The highest BCUT2D eigenvalue weighted by Gasteiger charge is 2.38. The molecule has 0 aromatic carbocycles. The molecule has 0 aromatic rings. The molecule has 88 valence electrons. The van der Waals surface area contributed by atoms with E-state index >= 15 is 0 Å². The molecular formula is C9H17NO5. The van der Waals surface area contributed by atoms with Crippen molar-refractivity contribution in [2.45, 2.75) is 37.9 Å². The molecule has 1 aliphatic heterocycles. The lowest BCUT2D eigenvalue weighted by Gasteiger charge is -2.38. The van der Waals surface area contributed by atoms with Crippen molar-refractivity contribution in [3.05, 3.63) is 0 Å². The molecule has 15 heavy (non-hydrogen) atoms. The van der Waals surface area contributed by atoms with Gasteiger partial charge in [0.05, 0.1) is 18.8 Å². The summed E-state index contributed by atoms with van der Waals surface area (Å²) in [5, 5.41) is 21.2. The lowest BCUT2D eigenvalue weighted by Crippen LogP contribution is -2.57. The molecule has 1 amide bonds. The van der Waals surface area contributed by atoms with Crippen LogP contribution >= 0.6 is 0 Å². The zero-order valence-electron chi connectivity index (χ0n) is 8.84. The van der Waals surface area contributed by atoms with Gasteiger partial charge in [0.1, 0.15) is 6.04 Å². The molecule has 0 bridgehead atoms. The van der Waals surface area contributed by atoms with E-state index in [0.29, 0.717) is 0 Å². The van der Waals surface area contributed by atoms with Gasteiger partial charge in [-0.3, -0.25) is 4.79 Å². The molecule has 1 fully saturated rings. The number of carbonyl (C=O) groups excluding carboxylic acids is 1. The third-order valence-electron chi connectivity index (χ3n) is 2.34. The second kappa shape index (κ2) is 5.41. The number of amides is 1. The third-order valence-corrected chi connectivity index (χ3v) is 2.34. The first-order valence-corrected chi connectivity index (χ1v) is 4.82. The topological polar surface area (TPSA) is 88.0 Å². The number of rotatable bonds is 3. The quantitative estimate of drug-likeness (QED) is 0.543. The highest BCUT2D eigenvalue weighted by molar-refractivity contribution is 5.73. The van der Waals surface area contributed by atoms with Gasteiger partial charge < -0.3 is 25.0 Å². The summed E-state index contributed by atoms with van der Waals surface area (Å²) in [4.78, 5) is 10.9. The summed E-state index contributed by atoms with van der Waals surface area (Å²) in [6, 6.07) is -0.588. The highest BCUT2D eigenvalue weighted by atomic mass is 16.7. The standard InChI is InChI=1S/C9H17NO5/c1-5(12)10-8-7(13)3-6(4-11)15-9(8)14-2/h6-9,11,13H,3-4H2,1-2H3,(H,10,12)/t6?,7?,8?,9-/m1/s1. The van der Waals surface area contributed by atoms with Crippen LogP contribution < -0.4 is 5.32 Å². The summed E-state index contributed by atoms with van der Waals surface area (Å²) in [7, 11) is 1.42. The van der Waals surface area contributed by atoms with Gasteiger partial charge in [-0.1, -0.05) is 0 Å². The zero-order chi connectivity index (χ0) is 11.4. The fourth-order valence-corrected chi connectivity index (χ4v) is 1.65. The molecule has 1 aliphatic rings. The normalized spacial score (nSPS) is 36.3. The number of methoxy groups -OCH3 is 1. The number of carbonyl (C=O) groups is 1. The summed E-state index contributed by atoms with van der Waals surface area (Å²) < 4.78 is 10.3. The van der Waals surface area contributed by atoms with E-state index in [1.165, 1.54) is 14.0 Å². The van der Waals surface area contributed by atoms with Crippen molar-refractivity contribution in [2.75, 3.05) is 13.7 Å². The van der Waals surface area contributed by atoms with Gasteiger partial charge in [-0.05, 0) is 0 Å². The van der Waals surface area contributed by atoms with Gasteiger partial charge in [-0.15, -0.1) is 0 Å². The van der Waals surface area contributed by atoms with E-state index in [9.17, 15) is 9.90 Å². The number of aliphatic hydroxyl groups is 2. The molecule has 3 N–H and O–H groups in total. The molecule has 0 aliphatic carbocycles. The Morgan fingerprint density at radius 3 is 2.80 bits per heavy atom. The molecule has 6 heteroatoms. The first-order chi connectivity index (χ1) is 7.08. The van der Waals surface area contributed by atoms with E-state index in [-0.39, 0.29) is 18.9 Å². The van der Waals surface area contributed by atoms with Crippen molar-refractivity contribution in [3.8, 4) is 0 Å². The Kier molecular flexibility index (Phi) is 4.46. The fraction of sp³-hybridized carbons (Fsp3) is 0.889. The summed E-state index contributed by atoms with van der Waals surface area (Å²) in [5.74, 6) is -0.257. The van der Waals surface area contributed by atoms with E-state index in [2.05, 4.69) is 5.32 Å². The van der Waals surface area contributed by atoms with Crippen molar-refractivity contribution in [1.82, 2.24) is 5.32 Å². The van der Waals surface area contributed by atoms with E-state index < -0.39 is 24.5 Å². The van der Waals surface area contributed by atoms with Gasteiger partial charge in [0, 0.05) is 20.5 Å². The number of ether oxygens (including phenoxy) is 2. The van der Waals surface area contributed by atoms with Gasteiger partial charge in [0.25, 0.3) is 0 Å². The third kappa shape index (κ3) is 3.13. The molecule has 0 aromatic heterocycles. The molecule has 0 saturated carbocycles. The second-order valence-electron chi connectivity index (χ2n) is 3.57. The zero-order valence-corrected chi connectivity index (χ0v) is 8.84. The Morgan fingerprint density at radius 2 is 2.33 bits per heavy atom. The molecule has 4 atom stereocenters. The van der Waals surface area contributed by atoms with Crippen molar-refractivity contribution in [3.63, 3.8) is 0 Å². The maximum atomic E-state index is 10.9. The van der Waals surface area contributed by atoms with Crippen LogP contribution in [0.5, 0.6) is 0 Å². The largest absolute Gasteiger partial charge is 0.394 e. The molecule has 1 saturated heterocycles. The van der Waals surface area contributed by atoms with Crippen molar-refractivity contribution >= 4 is 5.91 Å². The minimum atomic E-state index is -0.773. The molecule has 1 heterocycles. The van der Waals surface area contributed by atoms with E-state index in [1.54, 1.807) is 0 Å². The summed E-state index contributed by atoms with van der Waals surface area (Å²) in [6.45, 7) is 1.18. The second-order valence-corrected chi connectivity index (χ2v) is 3.57. The number of nitrogens with one attached hydrogen (secondary N) is 1. The Morgan fingerprint density at radius 1 is 1.67 bits per heavy atom. The Bertz CT molecular complexity index is 223. The number of hydrogen-bond donors (Lipinski definition) is 3. The van der Waals surface area contributed by atoms with Crippen molar-refractivity contribution in [2.24, 2.45) is 0 Å². The summed E-state index contributed by atoms with van der Waals surface area (Å²) >= 11 is 0. The average molecular weight is 219 g/mol. The van der Waals surface area contributed by atoms with Crippen LogP contribution in [0.2, 0.25) is 0 Å². The Hall–Kier alpha value is -0.690. The molecule has 6 nitrogen and oxygen atoms in total. The van der Waals surface area contributed by atoms with E-state index in [4.69, 9.17) is 14.6 Å². The lowest BCUT2D eigenvalue weighted by atomic mass is 10.0. The maximum Gasteiger partial charge on any atom is 0.217 e. The van der Waals surface area contributed by atoms with Gasteiger partial charge >= 0.3 is 0 Å². The van der Waals surface area contributed by atoms with Gasteiger partial charge in [-0.25, -0.2) is 0 Å². The minimum absolute atomic E-state index is 0.177. The smallest absolute Gasteiger partial charge is 0.217 e. The Balaban J connectivity index is 2.64. The van der Waals surface area contributed by atoms with E-state index in [1.807, 2.05) is 0 Å². The van der Waals surface area contributed by atoms with Crippen LogP contribution in [0, 0.1) is 0 Å². The Labute approximate surface area is 88.2 Å². The first-order valence-electron chi connectivity index (χ1n) is 4.82. The van der Waals surface area contributed by atoms with Crippen LogP contribution in [0.4, 0.5) is 0 Å². The van der Waals surface area contributed by atoms with Crippen molar-refractivity contribution < 1.29 is 24.5 Å². The van der Waals surface area contributed by atoms with Gasteiger partial charge in [0.15, 0.2) is 6.29 Å². The summed E-state index contributed by atoms with van der Waals surface area (Å²) in [5.41, 5.74) is 0. The van der Waals surface area contributed by atoms with Crippen LogP contribution in [0.1, 0.15) is 13.3 Å². The van der Waals surface area contributed by atoms with E-state index in [0.717, 1.165) is 0 Å². The highest BCUT2D eigenvalue weighted by Crippen LogP contribution is 2.20. The van der Waals surface area contributed by atoms with Gasteiger partial charge in [-0.2, -0.15) is 0 Å². The SMILES string of the molecule is CO[C@@H]1OC(CO)CC(O)C1NC(C)=O. The molecule has 0 radical (unpaired) electrons. The van der Waals surface area contributed by atoms with Crippen LogP contribution in [0.3, 0.4) is 0 Å². The molecular weight excluding hydrogens is 202 g/mol. The number of aliphatic hydroxyl groups excluding tert-OH is 2. The minimum Gasteiger partial charge on any atom is -0.394 e. The van der Waals surface area contributed by atoms with Crippen LogP contribution in [0.15, 0.2) is 0 Å². The maximum absolute atomic E-state index is 10.9. The fourth-order valence-electron chi connectivity index (χ4n) is 1.65. The summed E-state index contributed by atoms with van der Waals surface area (Å²) in [6.07, 6.45) is -1.67. The molecule has 0 spiro atoms. The average Bonchev–Trinajstić information content (AvgIpc) is 2.20. The van der Waals surface area contributed by atoms with Crippen LogP contribution in [-0.4, -0.2) is 54.4 Å². The predicted molar refractivity (Wildman–Crippen MR) is 51.0 cm³/mol. The predicted octanol–water partition coefficient (Wildman–Crippen LogP) is -1.39. The van der Waals surface area contributed by atoms with Crippen LogP contribution in [-0.2, 0) is 14.3 Å². The van der Waals surface area contributed by atoms with Crippen LogP contribution in [0.25, 0.3) is 0 Å². The number of hydrogen-bond acceptors (Lipinski definition) is 5. The van der Waals surface area contributed by atoms with Crippen molar-refractivity contribution in [1.29, 1.82) is 0 Å². The first kappa shape index (κ1) is 12.4. The lowest BCUT2D eigenvalue weighted by molar-refractivity contribution is -0.226.